The summed E-state index contributed by atoms with van der Waals surface area (Å²) in [7, 11) is 0. The van der Waals surface area contributed by atoms with Crippen LogP contribution in [0.15, 0.2) is 30.3 Å². The molecule has 1 rings (SSSR count). The van der Waals surface area contributed by atoms with Crippen LogP contribution in [-0.2, 0) is 15.1 Å². The number of amides is 1. The van der Waals surface area contributed by atoms with E-state index in [1.54, 1.807) is 31.2 Å². The van der Waals surface area contributed by atoms with Crippen LogP contribution in [0.3, 0.4) is 0 Å². The highest BCUT2D eigenvalue weighted by molar-refractivity contribution is 5.90. The van der Waals surface area contributed by atoms with Crippen LogP contribution in [0, 0.1) is 0 Å². The summed E-state index contributed by atoms with van der Waals surface area (Å²) in [5.74, 6) is -1.53. The maximum Gasteiger partial charge on any atom is 0.326 e. The van der Waals surface area contributed by atoms with Crippen LogP contribution < -0.4 is 11.1 Å². The van der Waals surface area contributed by atoms with Gasteiger partial charge in [-0.25, -0.2) is 4.79 Å². The molecule has 2 atom stereocenters. The summed E-state index contributed by atoms with van der Waals surface area (Å²) >= 11 is 0. The lowest BCUT2D eigenvalue weighted by atomic mass is 9.92. The Labute approximate surface area is 112 Å². The molecule has 5 heteroatoms. The van der Waals surface area contributed by atoms with Crippen LogP contribution in [0.4, 0.5) is 0 Å². The summed E-state index contributed by atoms with van der Waals surface area (Å²) in [6, 6.07) is 7.99. The van der Waals surface area contributed by atoms with Gasteiger partial charge in [0.1, 0.15) is 11.6 Å². The van der Waals surface area contributed by atoms with E-state index < -0.39 is 23.5 Å². The second-order valence-electron chi connectivity index (χ2n) is 4.72. The van der Waals surface area contributed by atoms with Crippen molar-refractivity contribution in [2.45, 2.75) is 38.3 Å². The molecule has 0 saturated carbocycles. The molecule has 0 bridgehead atoms. The predicted octanol–water partition coefficient (Wildman–Crippen LogP) is 1.23. The molecule has 4 N–H and O–H groups in total. The topological polar surface area (TPSA) is 92.4 Å². The summed E-state index contributed by atoms with van der Waals surface area (Å²) in [4.78, 5) is 23.2. The highest BCUT2D eigenvalue weighted by atomic mass is 16.4. The summed E-state index contributed by atoms with van der Waals surface area (Å²) in [5, 5.41) is 11.5. The van der Waals surface area contributed by atoms with Crippen molar-refractivity contribution in [3.05, 3.63) is 35.9 Å². The van der Waals surface area contributed by atoms with Gasteiger partial charge in [0.05, 0.1) is 0 Å². The van der Waals surface area contributed by atoms with Gasteiger partial charge in [-0.1, -0.05) is 43.7 Å². The number of carbonyl (C=O) groups is 2. The second-order valence-corrected chi connectivity index (χ2v) is 4.72. The normalized spacial score (nSPS) is 15.3. The zero-order chi connectivity index (χ0) is 14.5. The lowest BCUT2D eigenvalue weighted by Crippen LogP contribution is -2.53. The van der Waals surface area contributed by atoms with E-state index in [0.717, 1.165) is 0 Å². The number of hydrogen-bond acceptors (Lipinski definition) is 3. The Kier molecular flexibility index (Phi) is 5.06. The fourth-order valence-corrected chi connectivity index (χ4v) is 1.77. The minimum Gasteiger partial charge on any atom is -0.480 e. The molecule has 1 unspecified atom stereocenters. The summed E-state index contributed by atoms with van der Waals surface area (Å²) in [6.07, 6.45) is 1.05. The molecule has 5 nitrogen and oxygen atoms in total. The van der Waals surface area contributed by atoms with Crippen molar-refractivity contribution in [2.75, 3.05) is 0 Å². The molecule has 1 amide bonds. The lowest BCUT2D eigenvalue weighted by molar-refractivity contribution is -0.142. The van der Waals surface area contributed by atoms with E-state index in [-0.39, 0.29) is 0 Å². The first-order valence-electron chi connectivity index (χ1n) is 6.27. The molecule has 19 heavy (non-hydrogen) atoms. The number of nitrogens with one attached hydrogen (secondary N) is 1. The first-order chi connectivity index (χ1) is 8.89. The van der Waals surface area contributed by atoms with Gasteiger partial charge in [-0.15, -0.1) is 0 Å². The molecule has 0 saturated heterocycles. The van der Waals surface area contributed by atoms with Crippen molar-refractivity contribution in [1.29, 1.82) is 0 Å². The third-order valence-electron chi connectivity index (χ3n) is 3.03. The molecule has 0 aliphatic heterocycles. The van der Waals surface area contributed by atoms with Gasteiger partial charge in [0.15, 0.2) is 0 Å². The molecular weight excluding hydrogens is 244 g/mol. The van der Waals surface area contributed by atoms with Gasteiger partial charge < -0.3 is 16.2 Å². The Bertz CT molecular complexity index is 443. The van der Waals surface area contributed by atoms with E-state index in [2.05, 4.69) is 5.32 Å². The molecule has 0 aliphatic rings. The fraction of sp³-hybridized carbons (Fsp3) is 0.429. The molecule has 0 aliphatic carbocycles. The molecular formula is C14H20N2O3. The molecule has 0 heterocycles. The number of rotatable bonds is 6. The number of benzene rings is 1. The number of hydrogen-bond donors (Lipinski definition) is 3. The Morgan fingerprint density at radius 3 is 2.42 bits per heavy atom. The van der Waals surface area contributed by atoms with Gasteiger partial charge in [0, 0.05) is 0 Å². The van der Waals surface area contributed by atoms with Gasteiger partial charge in [0.25, 0.3) is 0 Å². The van der Waals surface area contributed by atoms with Crippen LogP contribution >= 0.6 is 0 Å². The Hall–Kier alpha value is -1.88. The van der Waals surface area contributed by atoms with Crippen molar-refractivity contribution in [3.8, 4) is 0 Å². The summed E-state index contributed by atoms with van der Waals surface area (Å²) in [5.41, 5.74) is 5.42. The largest absolute Gasteiger partial charge is 0.480 e. The highest BCUT2D eigenvalue weighted by Crippen LogP contribution is 2.17. The Morgan fingerprint density at radius 1 is 1.37 bits per heavy atom. The monoisotopic (exact) mass is 264 g/mol. The number of aliphatic carboxylic acids is 1. The van der Waals surface area contributed by atoms with E-state index in [1.807, 2.05) is 13.0 Å². The minimum absolute atomic E-state index is 0.381. The first kappa shape index (κ1) is 15.2. The van der Waals surface area contributed by atoms with Crippen LogP contribution in [0.5, 0.6) is 0 Å². The maximum absolute atomic E-state index is 12.2. The number of carboxylic acid groups (broad SMARTS) is 1. The molecule has 0 fully saturated rings. The van der Waals surface area contributed by atoms with E-state index in [9.17, 15) is 9.59 Å². The summed E-state index contributed by atoms with van der Waals surface area (Å²) in [6.45, 7) is 3.43. The van der Waals surface area contributed by atoms with Crippen LogP contribution in [0.25, 0.3) is 0 Å². The smallest absolute Gasteiger partial charge is 0.326 e. The number of carbonyl (C=O) groups excluding carboxylic acids is 1. The Balaban J connectivity index is 2.84. The van der Waals surface area contributed by atoms with E-state index in [4.69, 9.17) is 10.8 Å². The van der Waals surface area contributed by atoms with Gasteiger partial charge in [-0.2, -0.15) is 0 Å². The molecule has 104 valence electrons. The molecule has 1 aromatic carbocycles. The zero-order valence-corrected chi connectivity index (χ0v) is 11.2. The molecule has 0 aromatic heterocycles. The Morgan fingerprint density at radius 2 is 1.95 bits per heavy atom. The van der Waals surface area contributed by atoms with Crippen molar-refractivity contribution >= 4 is 11.9 Å². The average Bonchev–Trinajstić information content (AvgIpc) is 2.38. The first-order valence-corrected chi connectivity index (χ1v) is 6.27. The molecule has 0 spiro atoms. The maximum atomic E-state index is 12.2. The van der Waals surface area contributed by atoms with Gasteiger partial charge in [-0.3, -0.25) is 4.79 Å². The van der Waals surface area contributed by atoms with Crippen molar-refractivity contribution in [3.63, 3.8) is 0 Å². The highest BCUT2D eigenvalue weighted by Gasteiger charge is 2.33. The van der Waals surface area contributed by atoms with E-state index in [0.29, 0.717) is 18.4 Å². The van der Waals surface area contributed by atoms with Crippen molar-refractivity contribution in [2.24, 2.45) is 5.73 Å². The quantitative estimate of drug-likeness (QED) is 0.720. The van der Waals surface area contributed by atoms with E-state index >= 15 is 0 Å². The predicted molar refractivity (Wildman–Crippen MR) is 72.5 cm³/mol. The minimum atomic E-state index is -1.25. The van der Waals surface area contributed by atoms with Crippen LogP contribution in [0.1, 0.15) is 32.3 Å². The van der Waals surface area contributed by atoms with Gasteiger partial charge >= 0.3 is 5.97 Å². The third-order valence-corrected chi connectivity index (χ3v) is 3.03. The third kappa shape index (κ3) is 3.79. The van der Waals surface area contributed by atoms with Gasteiger partial charge in [0.2, 0.25) is 5.91 Å². The average molecular weight is 264 g/mol. The second kappa shape index (κ2) is 6.33. The van der Waals surface area contributed by atoms with Crippen LogP contribution in [0.2, 0.25) is 0 Å². The SMILES string of the molecule is CCC[C@@H](NC(=O)C(C)(N)c1ccccc1)C(=O)O. The van der Waals surface area contributed by atoms with E-state index in [1.165, 1.54) is 0 Å². The molecule has 0 radical (unpaired) electrons. The lowest BCUT2D eigenvalue weighted by Gasteiger charge is -2.26. The van der Waals surface area contributed by atoms with Gasteiger partial charge in [-0.05, 0) is 18.9 Å². The van der Waals surface area contributed by atoms with Crippen molar-refractivity contribution < 1.29 is 14.7 Å². The van der Waals surface area contributed by atoms with Crippen LogP contribution in [-0.4, -0.2) is 23.0 Å². The summed E-state index contributed by atoms with van der Waals surface area (Å²) < 4.78 is 0. The standard InChI is InChI=1S/C14H20N2O3/c1-3-7-11(12(17)18)16-13(19)14(2,15)10-8-5-4-6-9-10/h4-6,8-9,11H,3,7,15H2,1-2H3,(H,16,19)(H,17,18)/t11-,14?/m1/s1. The molecule has 1 aromatic rings. The zero-order valence-electron chi connectivity index (χ0n) is 11.2. The van der Waals surface area contributed by atoms with Crippen molar-refractivity contribution in [1.82, 2.24) is 5.32 Å². The number of carboxylic acids is 1. The fourth-order valence-electron chi connectivity index (χ4n) is 1.77. The number of nitrogens with two attached hydrogens (primary N) is 1.